The fourth-order valence-corrected chi connectivity index (χ4v) is 4.56. The second kappa shape index (κ2) is 9.54. The van der Waals surface area contributed by atoms with Crippen molar-refractivity contribution in [3.63, 3.8) is 0 Å². The van der Waals surface area contributed by atoms with E-state index in [1.807, 2.05) is 0 Å². The van der Waals surface area contributed by atoms with E-state index in [-0.39, 0.29) is 47.4 Å². The lowest BCUT2D eigenvalue weighted by Gasteiger charge is -2.32. The number of nitrogens with one attached hydrogen (secondary N) is 1. The van der Waals surface area contributed by atoms with E-state index in [2.05, 4.69) is 5.32 Å². The Hall–Kier alpha value is -2.88. The van der Waals surface area contributed by atoms with Gasteiger partial charge in [0.1, 0.15) is 6.54 Å². The molecule has 1 fully saturated rings. The fourth-order valence-electron chi connectivity index (χ4n) is 4.14. The number of benzene rings is 1. The van der Waals surface area contributed by atoms with Crippen LogP contribution in [0.15, 0.2) is 41.0 Å². The summed E-state index contributed by atoms with van der Waals surface area (Å²) in [5, 5.41) is 12.3. The smallest absolute Gasteiger partial charge is 0.264 e. The molecular formula is C23H22ClN3O5S. The van der Waals surface area contributed by atoms with Gasteiger partial charge in [0.25, 0.3) is 17.7 Å². The van der Waals surface area contributed by atoms with Crippen LogP contribution in [0.1, 0.15) is 40.0 Å². The number of aliphatic hydroxyl groups excluding tert-OH is 1. The standard InChI is InChI=1S/C23H22ClN3O5S/c24-14-4-5-18(33)16(10-14)21(30)25-17-3-1-2-15-20(17)23(32)27(22(15)31)11-19(29)26-8-6-13(12-28)7-9-26/h1-4,10,13,28H,5-9,11-12H2,(H,25,30). The zero-order valence-corrected chi connectivity index (χ0v) is 19.2. The average Bonchev–Trinajstić information content (AvgIpc) is 3.06. The van der Waals surface area contributed by atoms with Crippen LogP contribution in [-0.4, -0.2) is 69.6 Å². The quantitative estimate of drug-likeness (QED) is 0.487. The van der Waals surface area contributed by atoms with E-state index in [0.29, 0.717) is 42.2 Å². The van der Waals surface area contributed by atoms with Crippen LogP contribution in [0, 0.1) is 5.92 Å². The molecule has 0 bridgehead atoms. The molecule has 4 rings (SSSR count). The molecule has 0 unspecified atom stereocenters. The molecule has 8 nitrogen and oxygen atoms in total. The van der Waals surface area contributed by atoms with Crippen molar-refractivity contribution in [1.82, 2.24) is 9.80 Å². The molecule has 10 heteroatoms. The third-order valence-corrected chi connectivity index (χ3v) is 6.73. The number of carbonyl (C=O) groups excluding carboxylic acids is 4. The second-order valence-corrected chi connectivity index (χ2v) is 9.09. The third kappa shape index (κ3) is 4.62. The number of amides is 4. The zero-order valence-electron chi connectivity index (χ0n) is 17.7. The summed E-state index contributed by atoms with van der Waals surface area (Å²) in [5.41, 5.74) is 0.573. The summed E-state index contributed by atoms with van der Waals surface area (Å²) in [6.07, 6.45) is 4.88. The number of anilines is 1. The number of hydrogen-bond donors (Lipinski definition) is 2. The van der Waals surface area contributed by atoms with Gasteiger partial charge >= 0.3 is 0 Å². The molecule has 3 aliphatic rings. The largest absolute Gasteiger partial charge is 0.396 e. The maximum atomic E-state index is 13.1. The van der Waals surface area contributed by atoms with Crippen LogP contribution < -0.4 is 5.32 Å². The van der Waals surface area contributed by atoms with Crippen molar-refractivity contribution >= 4 is 58.0 Å². The number of allylic oxidation sites excluding steroid dienone is 3. The van der Waals surface area contributed by atoms with Crippen LogP contribution in [0.3, 0.4) is 0 Å². The molecule has 0 saturated carbocycles. The highest BCUT2D eigenvalue weighted by molar-refractivity contribution is 7.81. The van der Waals surface area contributed by atoms with Gasteiger partial charge in [-0.1, -0.05) is 36.0 Å². The molecule has 0 atom stereocenters. The minimum absolute atomic E-state index is 0.0478. The summed E-state index contributed by atoms with van der Waals surface area (Å²) in [7, 11) is 0. The maximum absolute atomic E-state index is 13.1. The van der Waals surface area contributed by atoms with Crippen molar-refractivity contribution in [2.45, 2.75) is 19.3 Å². The number of likely N-dealkylation sites (tertiary alicyclic amines) is 1. The minimum atomic E-state index is -0.636. The lowest BCUT2D eigenvalue weighted by atomic mass is 9.98. The van der Waals surface area contributed by atoms with Crippen LogP contribution in [0.4, 0.5) is 5.69 Å². The Morgan fingerprint density at radius 3 is 2.61 bits per heavy atom. The molecule has 0 spiro atoms. The van der Waals surface area contributed by atoms with Gasteiger partial charge in [-0.2, -0.15) is 0 Å². The lowest BCUT2D eigenvalue weighted by molar-refractivity contribution is -0.133. The van der Waals surface area contributed by atoms with Gasteiger partial charge in [0.2, 0.25) is 5.91 Å². The number of rotatable bonds is 5. The first kappa shape index (κ1) is 23.3. The van der Waals surface area contributed by atoms with Crippen LogP contribution >= 0.6 is 23.8 Å². The predicted molar refractivity (Wildman–Crippen MR) is 126 cm³/mol. The predicted octanol–water partition coefficient (Wildman–Crippen LogP) is 2.27. The number of imide groups is 1. The summed E-state index contributed by atoms with van der Waals surface area (Å²) < 4.78 is 0. The molecule has 1 aliphatic carbocycles. The van der Waals surface area contributed by atoms with Crippen LogP contribution in [-0.2, 0) is 9.59 Å². The van der Waals surface area contributed by atoms with E-state index >= 15 is 0 Å². The Morgan fingerprint density at radius 1 is 1.18 bits per heavy atom. The molecule has 2 aliphatic heterocycles. The van der Waals surface area contributed by atoms with E-state index in [9.17, 15) is 24.3 Å². The number of aliphatic hydroxyl groups is 1. The fraction of sp³-hybridized carbons (Fsp3) is 0.348. The van der Waals surface area contributed by atoms with E-state index in [0.717, 1.165) is 4.90 Å². The van der Waals surface area contributed by atoms with Gasteiger partial charge in [0.05, 0.1) is 22.4 Å². The summed E-state index contributed by atoms with van der Waals surface area (Å²) in [6, 6.07) is 4.58. The normalized spacial score (nSPS) is 18.8. The van der Waals surface area contributed by atoms with Crippen molar-refractivity contribution < 1.29 is 24.3 Å². The molecule has 33 heavy (non-hydrogen) atoms. The van der Waals surface area contributed by atoms with E-state index < -0.39 is 17.7 Å². The molecule has 2 N–H and O–H groups in total. The number of halogens is 1. The highest BCUT2D eigenvalue weighted by atomic mass is 35.5. The van der Waals surface area contributed by atoms with E-state index in [1.165, 1.54) is 18.2 Å². The number of nitrogens with zero attached hydrogens (tertiary/aromatic N) is 2. The Bertz CT molecular complexity index is 1120. The maximum Gasteiger partial charge on any atom is 0.264 e. The first-order valence-corrected chi connectivity index (χ1v) is 11.4. The van der Waals surface area contributed by atoms with E-state index in [4.69, 9.17) is 23.8 Å². The van der Waals surface area contributed by atoms with Gasteiger partial charge in [-0.25, -0.2) is 0 Å². The Kier molecular flexibility index (Phi) is 6.73. The molecule has 2 heterocycles. The van der Waals surface area contributed by atoms with E-state index in [1.54, 1.807) is 17.0 Å². The number of hydrogen-bond acceptors (Lipinski definition) is 6. The van der Waals surface area contributed by atoms with Crippen molar-refractivity contribution in [2.24, 2.45) is 5.92 Å². The first-order valence-electron chi connectivity index (χ1n) is 10.6. The number of fused-ring (bicyclic) bond motifs is 1. The molecule has 1 aromatic rings. The second-order valence-electron chi connectivity index (χ2n) is 8.16. The van der Waals surface area contributed by atoms with Gasteiger partial charge in [-0.15, -0.1) is 0 Å². The lowest BCUT2D eigenvalue weighted by Crippen LogP contribution is -2.46. The zero-order chi connectivity index (χ0) is 23.7. The van der Waals surface area contributed by atoms with Gasteiger partial charge in [0.15, 0.2) is 0 Å². The summed E-state index contributed by atoms with van der Waals surface area (Å²) in [4.78, 5) is 54.4. The van der Waals surface area contributed by atoms with Gasteiger partial charge < -0.3 is 15.3 Å². The number of piperidine rings is 1. The van der Waals surface area contributed by atoms with Crippen LogP contribution in [0.25, 0.3) is 0 Å². The molecular weight excluding hydrogens is 466 g/mol. The van der Waals surface area contributed by atoms with Crippen LogP contribution in [0.2, 0.25) is 0 Å². The third-order valence-electron chi connectivity index (χ3n) is 6.08. The average molecular weight is 488 g/mol. The Labute approximate surface area is 200 Å². The topological polar surface area (TPSA) is 107 Å². The molecule has 1 saturated heterocycles. The summed E-state index contributed by atoms with van der Waals surface area (Å²) >= 11 is 11.2. The highest BCUT2D eigenvalue weighted by Gasteiger charge is 2.40. The van der Waals surface area contributed by atoms with Crippen molar-refractivity contribution in [3.8, 4) is 0 Å². The van der Waals surface area contributed by atoms with Crippen LogP contribution in [0.5, 0.6) is 0 Å². The number of thiocarbonyl (C=S) groups is 1. The van der Waals surface area contributed by atoms with Crippen molar-refractivity contribution in [3.05, 3.63) is 52.1 Å². The number of carbonyl (C=O) groups is 4. The summed E-state index contributed by atoms with van der Waals surface area (Å²) in [6.45, 7) is 0.652. The van der Waals surface area contributed by atoms with Crippen molar-refractivity contribution in [2.75, 3.05) is 31.6 Å². The molecule has 1 aromatic carbocycles. The van der Waals surface area contributed by atoms with Crippen molar-refractivity contribution in [1.29, 1.82) is 0 Å². The summed E-state index contributed by atoms with van der Waals surface area (Å²) in [5.74, 6) is -1.91. The molecule has 4 amide bonds. The SMILES string of the molecule is O=C(Nc1cccc2c1C(=O)N(CC(=O)N1CCC(CO)CC1)C2=O)C1=CC(Cl)=CCC1=S. The molecule has 0 radical (unpaired) electrons. The molecule has 172 valence electrons. The Morgan fingerprint density at radius 2 is 1.91 bits per heavy atom. The molecule has 0 aromatic heterocycles. The van der Waals surface area contributed by atoms with Gasteiger partial charge in [-0.05, 0) is 37.0 Å². The highest BCUT2D eigenvalue weighted by Crippen LogP contribution is 2.30. The first-order chi connectivity index (χ1) is 15.8. The Balaban J connectivity index is 1.50. The van der Waals surface area contributed by atoms with Gasteiger partial charge in [0, 0.05) is 36.0 Å². The monoisotopic (exact) mass is 487 g/mol. The van der Waals surface area contributed by atoms with Gasteiger partial charge in [-0.3, -0.25) is 24.1 Å². The minimum Gasteiger partial charge on any atom is -0.396 e.